The molecule has 2 aromatic heterocycles. The van der Waals surface area contributed by atoms with Gasteiger partial charge in [-0.2, -0.15) is 4.31 Å². The molecule has 8 nitrogen and oxygen atoms in total. The van der Waals surface area contributed by atoms with E-state index in [0.717, 1.165) is 0 Å². The van der Waals surface area contributed by atoms with E-state index in [1.54, 1.807) is 55.1 Å². The molecule has 0 bridgehead atoms. The fourth-order valence-corrected chi connectivity index (χ4v) is 6.07. The molecule has 0 atom stereocenters. The summed E-state index contributed by atoms with van der Waals surface area (Å²) in [7, 11) is -3.76. The molecule has 4 rings (SSSR count). The Kier molecular flexibility index (Phi) is 5.78. The number of carbonyl (C=O) groups excluding carboxylic acids is 2. The first-order valence-corrected chi connectivity index (χ1v) is 12.0. The molecule has 0 radical (unpaired) electrons. The molecule has 1 aliphatic rings. The van der Waals surface area contributed by atoms with Gasteiger partial charge in [0.25, 0.3) is 5.91 Å². The fourth-order valence-electron chi connectivity index (χ4n) is 3.68. The molecule has 1 saturated heterocycles. The maximum absolute atomic E-state index is 13.2. The van der Waals surface area contributed by atoms with Crippen LogP contribution in [0.4, 0.5) is 0 Å². The summed E-state index contributed by atoms with van der Waals surface area (Å²) in [5, 5.41) is 5.55. The highest BCUT2D eigenvalue weighted by Crippen LogP contribution is 2.25. The smallest absolute Gasteiger partial charge is 0.254 e. The predicted molar refractivity (Wildman–Crippen MR) is 115 cm³/mol. The highest BCUT2D eigenvalue weighted by molar-refractivity contribution is 7.89. The second kappa shape index (κ2) is 8.37. The van der Waals surface area contributed by atoms with Crippen LogP contribution in [0.5, 0.6) is 0 Å². The summed E-state index contributed by atoms with van der Waals surface area (Å²) in [6.07, 6.45) is 0. The van der Waals surface area contributed by atoms with E-state index in [2.05, 4.69) is 5.16 Å². The molecule has 1 fully saturated rings. The Morgan fingerprint density at radius 2 is 1.68 bits per heavy atom. The molecule has 3 heterocycles. The van der Waals surface area contributed by atoms with E-state index in [4.69, 9.17) is 4.52 Å². The minimum atomic E-state index is -3.76. The summed E-state index contributed by atoms with van der Waals surface area (Å²) in [6, 6.07) is 10.2. The van der Waals surface area contributed by atoms with Crippen molar-refractivity contribution < 1.29 is 22.5 Å². The standard InChI is InChI=1S/C21H21N3O5S2/c1-14-20(15(2)29-22-14)31(27,28)24-11-9-23(10-12-24)21(26)17-7-4-3-6-16(17)19(25)18-8-5-13-30-18/h3-8,13H,9-12H2,1-2H3. The van der Waals surface area contributed by atoms with Gasteiger partial charge in [0.2, 0.25) is 15.8 Å². The largest absolute Gasteiger partial charge is 0.360 e. The molecule has 1 aliphatic heterocycles. The molecule has 0 spiro atoms. The van der Waals surface area contributed by atoms with Crippen molar-refractivity contribution in [2.75, 3.05) is 26.2 Å². The molecular weight excluding hydrogens is 438 g/mol. The average molecular weight is 460 g/mol. The van der Waals surface area contributed by atoms with Crippen LogP contribution in [0.1, 0.15) is 37.0 Å². The van der Waals surface area contributed by atoms with Crippen LogP contribution in [-0.4, -0.2) is 60.6 Å². The van der Waals surface area contributed by atoms with E-state index in [0.29, 0.717) is 21.7 Å². The van der Waals surface area contributed by atoms with Crippen molar-refractivity contribution in [3.05, 3.63) is 69.2 Å². The number of thiophene rings is 1. The fraction of sp³-hybridized carbons (Fsp3) is 0.286. The number of aromatic nitrogens is 1. The average Bonchev–Trinajstić information content (AvgIpc) is 3.43. The number of sulfonamides is 1. The number of nitrogens with zero attached hydrogens (tertiary/aromatic N) is 3. The van der Waals surface area contributed by atoms with Gasteiger partial charge in [-0.25, -0.2) is 8.42 Å². The summed E-state index contributed by atoms with van der Waals surface area (Å²) in [5.74, 6) is -0.231. The maximum atomic E-state index is 13.2. The van der Waals surface area contributed by atoms with E-state index in [-0.39, 0.29) is 48.5 Å². The van der Waals surface area contributed by atoms with E-state index < -0.39 is 10.0 Å². The van der Waals surface area contributed by atoms with Crippen LogP contribution in [0.15, 0.2) is 51.2 Å². The minimum Gasteiger partial charge on any atom is -0.360 e. The lowest BCUT2D eigenvalue weighted by Crippen LogP contribution is -2.50. The number of piperazine rings is 1. The molecular formula is C21H21N3O5S2. The SMILES string of the molecule is Cc1noc(C)c1S(=O)(=O)N1CCN(C(=O)c2ccccc2C(=O)c2cccs2)CC1. The zero-order valence-corrected chi connectivity index (χ0v) is 18.7. The molecule has 1 aromatic carbocycles. The number of ketones is 1. The normalized spacial score (nSPS) is 15.2. The number of hydrogen-bond donors (Lipinski definition) is 0. The highest BCUT2D eigenvalue weighted by Gasteiger charge is 2.35. The van der Waals surface area contributed by atoms with E-state index in [9.17, 15) is 18.0 Å². The van der Waals surface area contributed by atoms with Gasteiger partial charge in [-0.05, 0) is 31.4 Å². The summed E-state index contributed by atoms with van der Waals surface area (Å²) in [6.45, 7) is 3.91. The summed E-state index contributed by atoms with van der Waals surface area (Å²) in [4.78, 5) is 28.2. The minimum absolute atomic E-state index is 0.0826. The lowest BCUT2D eigenvalue weighted by atomic mass is 10.0. The van der Waals surface area contributed by atoms with Gasteiger partial charge in [-0.3, -0.25) is 9.59 Å². The number of hydrogen-bond acceptors (Lipinski definition) is 7. The summed E-state index contributed by atoms with van der Waals surface area (Å²) >= 11 is 1.33. The zero-order valence-electron chi connectivity index (χ0n) is 17.1. The summed E-state index contributed by atoms with van der Waals surface area (Å²) in [5.41, 5.74) is 0.987. The lowest BCUT2D eigenvalue weighted by Gasteiger charge is -2.34. The molecule has 0 saturated carbocycles. The Hall–Kier alpha value is -2.82. The number of carbonyl (C=O) groups is 2. The van der Waals surface area contributed by atoms with Crippen LogP contribution in [0.2, 0.25) is 0 Å². The molecule has 10 heteroatoms. The van der Waals surface area contributed by atoms with E-state index in [1.807, 2.05) is 5.38 Å². The van der Waals surface area contributed by atoms with Crippen molar-refractivity contribution in [2.24, 2.45) is 0 Å². The molecule has 31 heavy (non-hydrogen) atoms. The van der Waals surface area contributed by atoms with Crippen molar-refractivity contribution in [2.45, 2.75) is 18.7 Å². The van der Waals surface area contributed by atoms with Gasteiger partial charge in [0.15, 0.2) is 5.76 Å². The Labute approximate surface area is 184 Å². The lowest BCUT2D eigenvalue weighted by molar-refractivity contribution is 0.0694. The number of amides is 1. The molecule has 0 N–H and O–H groups in total. The third-order valence-electron chi connectivity index (χ3n) is 5.24. The molecule has 162 valence electrons. The van der Waals surface area contributed by atoms with Crippen LogP contribution >= 0.6 is 11.3 Å². The van der Waals surface area contributed by atoms with Crippen molar-refractivity contribution in [1.29, 1.82) is 0 Å². The Morgan fingerprint density at radius 3 is 2.26 bits per heavy atom. The third kappa shape index (κ3) is 3.93. The highest BCUT2D eigenvalue weighted by atomic mass is 32.2. The van der Waals surface area contributed by atoms with Crippen molar-refractivity contribution in [1.82, 2.24) is 14.4 Å². The van der Waals surface area contributed by atoms with Crippen LogP contribution in [-0.2, 0) is 10.0 Å². The number of aryl methyl sites for hydroxylation is 2. The maximum Gasteiger partial charge on any atom is 0.254 e. The van der Waals surface area contributed by atoms with Crippen LogP contribution in [0, 0.1) is 13.8 Å². The van der Waals surface area contributed by atoms with E-state index >= 15 is 0 Å². The van der Waals surface area contributed by atoms with Gasteiger partial charge in [0.1, 0.15) is 10.6 Å². The topological polar surface area (TPSA) is 101 Å². The Balaban J connectivity index is 1.52. The van der Waals surface area contributed by atoms with Crippen LogP contribution < -0.4 is 0 Å². The van der Waals surface area contributed by atoms with Gasteiger partial charge in [-0.15, -0.1) is 11.3 Å². The van der Waals surface area contributed by atoms with Crippen molar-refractivity contribution >= 4 is 33.1 Å². The molecule has 0 aliphatic carbocycles. The summed E-state index contributed by atoms with van der Waals surface area (Å²) < 4.78 is 32.3. The van der Waals surface area contributed by atoms with Crippen LogP contribution in [0.3, 0.4) is 0 Å². The van der Waals surface area contributed by atoms with Crippen molar-refractivity contribution in [3.63, 3.8) is 0 Å². The molecule has 0 unspecified atom stereocenters. The first-order valence-electron chi connectivity index (χ1n) is 9.70. The zero-order chi connectivity index (χ0) is 22.2. The van der Waals surface area contributed by atoms with Gasteiger partial charge >= 0.3 is 0 Å². The van der Waals surface area contributed by atoms with Crippen molar-refractivity contribution in [3.8, 4) is 0 Å². The van der Waals surface area contributed by atoms with E-state index in [1.165, 1.54) is 15.6 Å². The van der Waals surface area contributed by atoms with Gasteiger partial charge in [0, 0.05) is 31.7 Å². The monoisotopic (exact) mass is 459 g/mol. The number of benzene rings is 1. The first kappa shape index (κ1) is 21.4. The second-order valence-corrected chi connectivity index (χ2v) is 10.0. The Bertz CT molecular complexity index is 1200. The predicted octanol–water partition coefficient (Wildman–Crippen LogP) is 2.73. The van der Waals surface area contributed by atoms with Gasteiger partial charge in [-0.1, -0.05) is 29.4 Å². The van der Waals surface area contributed by atoms with Gasteiger partial charge < -0.3 is 9.42 Å². The van der Waals surface area contributed by atoms with Crippen LogP contribution in [0.25, 0.3) is 0 Å². The quantitative estimate of drug-likeness (QED) is 0.544. The molecule has 3 aromatic rings. The molecule has 1 amide bonds. The van der Waals surface area contributed by atoms with Gasteiger partial charge in [0.05, 0.1) is 10.4 Å². The number of rotatable bonds is 5. The Morgan fingerprint density at radius 1 is 1.00 bits per heavy atom. The third-order valence-corrected chi connectivity index (χ3v) is 8.25. The second-order valence-electron chi connectivity index (χ2n) is 7.20. The first-order chi connectivity index (χ1) is 14.8.